The second-order valence-electron chi connectivity index (χ2n) is 7.63. The largest absolute Gasteiger partial charge is 0.654 e. The highest BCUT2D eigenvalue weighted by Crippen LogP contribution is 2.52. The van der Waals surface area contributed by atoms with Gasteiger partial charge in [0.25, 0.3) is 0 Å². The Bertz CT molecular complexity index is 983. The molecule has 0 spiro atoms. The van der Waals surface area contributed by atoms with E-state index >= 15 is 4.32 Å². The molecule has 1 aliphatic carbocycles. The van der Waals surface area contributed by atoms with Gasteiger partial charge in [-0.1, -0.05) is 35.9 Å². The number of para-hydroxylation sites is 3. The Morgan fingerprint density at radius 2 is 1.57 bits per heavy atom. The summed E-state index contributed by atoms with van der Waals surface area (Å²) in [5.41, 5.74) is 1.35. The van der Waals surface area contributed by atoms with Gasteiger partial charge >= 0.3 is 6.83 Å². The maximum Gasteiger partial charge on any atom is 0.533 e. The van der Waals surface area contributed by atoms with Crippen LogP contribution in [0.1, 0.15) is 13.3 Å². The van der Waals surface area contributed by atoms with Crippen LogP contribution in [0.5, 0.6) is 11.5 Å². The summed E-state index contributed by atoms with van der Waals surface area (Å²) in [6, 6.07) is 15.5. The van der Waals surface area contributed by atoms with Crippen molar-refractivity contribution in [1.82, 2.24) is 0 Å². The molecule has 142 valence electrons. The van der Waals surface area contributed by atoms with Gasteiger partial charge in [0, 0.05) is 5.92 Å². The summed E-state index contributed by atoms with van der Waals surface area (Å²) in [7, 11) is 0. The van der Waals surface area contributed by atoms with E-state index in [1.807, 2.05) is 13.0 Å². The van der Waals surface area contributed by atoms with Crippen LogP contribution in [0, 0.1) is 11.8 Å². The number of imide groups is 1. The summed E-state index contributed by atoms with van der Waals surface area (Å²) < 4.78 is 27.0. The highest BCUT2D eigenvalue weighted by Gasteiger charge is 2.59. The van der Waals surface area contributed by atoms with Crippen LogP contribution in [0.2, 0.25) is 5.82 Å². The van der Waals surface area contributed by atoms with E-state index in [9.17, 15) is 9.59 Å². The van der Waals surface area contributed by atoms with Crippen molar-refractivity contribution >= 4 is 24.3 Å². The van der Waals surface area contributed by atoms with Crippen molar-refractivity contribution < 1.29 is 23.2 Å². The van der Waals surface area contributed by atoms with Gasteiger partial charge in [0.15, 0.2) is 0 Å². The van der Waals surface area contributed by atoms with E-state index in [1.165, 1.54) is 4.90 Å². The minimum absolute atomic E-state index is 0.298. The van der Waals surface area contributed by atoms with Gasteiger partial charge in [-0.2, -0.15) is 0 Å². The molecule has 2 aromatic carbocycles. The molecule has 3 unspecified atom stereocenters. The lowest BCUT2D eigenvalue weighted by Crippen LogP contribution is -2.50. The second kappa shape index (κ2) is 5.96. The summed E-state index contributed by atoms with van der Waals surface area (Å²) in [6.45, 7) is -1.48. The molecule has 2 aromatic rings. The summed E-state index contributed by atoms with van der Waals surface area (Å²) in [4.78, 5) is 27.5. The standard InChI is InChI=1S/C21H18BFNO4/c1-13-11-15-19(21(26)24(20(15)25)14-7-3-2-4-8-14)16(12-13)22(23)27-17-9-5-6-10-18(17)28-22/h2-10,12,15-16,19H,11H2,1H3/q-1. The monoisotopic (exact) mass is 378 g/mol. The van der Waals surface area contributed by atoms with Crippen LogP contribution in [-0.2, 0) is 9.59 Å². The fraction of sp³-hybridized carbons (Fsp3) is 0.238. The number of carbonyl (C=O) groups excluding carboxylic acids is 2. The van der Waals surface area contributed by atoms with Gasteiger partial charge < -0.3 is 13.6 Å². The van der Waals surface area contributed by atoms with E-state index in [2.05, 4.69) is 0 Å². The molecule has 2 heterocycles. The number of fused-ring (bicyclic) bond motifs is 2. The summed E-state index contributed by atoms with van der Waals surface area (Å²) >= 11 is 0. The van der Waals surface area contributed by atoms with E-state index in [0.717, 1.165) is 5.57 Å². The zero-order chi connectivity index (χ0) is 19.5. The van der Waals surface area contributed by atoms with Gasteiger partial charge in [-0.3, -0.25) is 14.5 Å². The number of allylic oxidation sites excluding steroid dienone is 2. The lowest BCUT2D eigenvalue weighted by molar-refractivity contribution is -0.122. The average Bonchev–Trinajstić information content (AvgIpc) is 3.16. The molecule has 0 aromatic heterocycles. The van der Waals surface area contributed by atoms with E-state index in [-0.39, 0.29) is 5.91 Å². The maximum absolute atomic E-state index is 15.9. The first kappa shape index (κ1) is 17.0. The molecule has 0 N–H and O–H groups in total. The highest BCUT2D eigenvalue weighted by molar-refractivity contribution is 6.65. The molecule has 28 heavy (non-hydrogen) atoms. The SMILES string of the molecule is CC1=CC([B-]2(F)Oc3ccccc3O2)C2C(=O)N(c3ccccc3)C(=O)C2C1. The Labute approximate surface area is 161 Å². The van der Waals surface area contributed by atoms with Crippen LogP contribution >= 0.6 is 0 Å². The number of nitrogens with zero attached hydrogens (tertiary/aromatic N) is 1. The molecule has 2 amide bonds. The molecule has 5 rings (SSSR count). The molecule has 1 fully saturated rings. The molecule has 2 aliphatic heterocycles. The van der Waals surface area contributed by atoms with Gasteiger partial charge in [0.05, 0.1) is 11.6 Å². The first-order valence-electron chi connectivity index (χ1n) is 9.38. The number of amides is 2. The molecular weight excluding hydrogens is 360 g/mol. The lowest BCUT2D eigenvalue weighted by atomic mass is 9.55. The zero-order valence-corrected chi connectivity index (χ0v) is 15.2. The topological polar surface area (TPSA) is 55.8 Å². The predicted molar refractivity (Wildman–Crippen MR) is 103 cm³/mol. The van der Waals surface area contributed by atoms with Gasteiger partial charge in [0.1, 0.15) is 11.5 Å². The highest BCUT2D eigenvalue weighted by atomic mass is 19.1. The quantitative estimate of drug-likeness (QED) is 0.452. The van der Waals surface area contributed by atoms with Crippen LogP contribution in [0.3, 0.4) is 0 Å². The number of anilines is 1. The van der Waals surface area contributed by atoms with Crippen molar-refractivity contribution in [2.45, 2.75) is 19.2 Å². The summed E-state index contributed by atoms with van der Waals surface area (Å²) in [5, 5.41) is 0. The van der Waals surface area contributed by atoms with Crippen molar-refractivity contribution in [3.05, 3.63) is 66.2 Å². The third-order valence-corrected chi connectivity index (χ3v) is 5.81. The minimum Gasteiger partial charge on any atom is -0.654 e. The molecule has 3 aliphatic rings. The smallest absolute Gasteiger partial charge is 0.533 e. The van der Waals surface area contributed by atoms with E-state index in [0.29, 0.717) is 23.6 Å². The Morgan fingerprint density at radius 3 is 2.21 bits per heavy atom. The average molecular weight is 378 g/mol. The van der Waals surface area contributed by atoms with E-state index < -0.39 is 30.4 Å². The Kier molecular flexibility index (Phi) is 3.63. The van der Waals surface area contributed by atoms with Gasteiger partial charge in [-0.15, -0.1) is 6.08 Å². The van der Waals surface area contributed by atoms with Crippen LogP contribution in [0.15, 0.2) is 66.2 Å². The lowest BCUT2D eigenvalue weighted by Gasteiger charge is -2.40. The fourth-order valence-corrected chi connectivity index (χ4v) is 4.61. The number of hydrogen-bond donors (Lipinski definition) is 0. The third-order valence-electron chi connectivity index (χ3n) is 5.81. The van der Waals surface area contributed by atoms with Crippen LogP contribution in [0.4, 0.5) is 10.0 Å². The molecular formula is C21H18BFNO4-. The minimum atomic E-state index is -3.33. The predicted octanol–water partition coefficient (Wildman–Crippen LogP) is 3.89. The van der Waals surface area contributed by atoms with Gasteiger partial charge in [-0.25, -0.2) is 0 Å². The number of benzene rings is 2. The Hall–Kier alpha value is -3.09. The summed E-state index contributed by atoms with van der Waals surface area (Å²) in [5.74, 6) is -2.50. The molecule has 0 saturated carbocycles. The van der Waals surface area contributed by atoms with Crippen molar-refractivity contribution in [3.8, 4) is 11.5 Å². The van der Waals surface area contributed by atoms with Crippen LogP contribution < -0.4 is 14.2 Å². The molecule has 0 bridgehead atoms. The van der Waals surface area contributed by atoms with Crippen LogP contribution in [0.25, 0.3) is 0 Å². The molecule has 7 heteroatoms. The molecule has 1 saturated heterocycles. The van der Waals surface area contributed by atoms with Crippen molar-refractivity contribution in [2.24, 2.45) is 11.8 Å². The normalized spacial score (nSPS) is 27.6. The van der Waals surface area contributed by atoms with Crippen molar-refractivity contribution in [2.75, 3.05) is 4.90 Å². The van der Waals surface area contributed by atoms with Gasteiger partial charge in [-0.05, 0) is 43.4 Å². The Morgan fingerprint density at radius 1 is 0.964 bits per heavy atom. The van der Waals surface area contributed by atoms with E-state index in [1.54, 1.807) is 54.6 Å². The number of halogens is 1. The maximum atomic E-state index is 15.9. The van der Waals surface area contributed by atoms with E-state index in [4.69, 9.17) is 9.31 Å². The number of rotatable bonds is 2. The molecule has 5 nitrogen and oxygen atoms in total. The first-order chi connectivity index (χ1) is 13.5. The Balaban J connectivity index is 1.54. The molecule has 3 atom stereocenters. The number of hydrogen-bond acceptors (Lipinski definition) is 4. The second-order valence-corrected chi connectivity index (χ2v) is 7.63. The first-order valence-corrected chi connectivity index (χ1v) is 9.38. The number of carbonyl (C=O) groups is 2. The zero-order valence-electron chi connectivity index (χ0n) is 15.2. The van der Waals surface area contributed by atoms with Crippen molar-refractivity contribution in [1.29, 1.82) is 0 Å². The summed E-state index contributed by atoms with van der Waals surface area (Å²) in [6.07, 6.45) is 2.13. The van der Waals surface area contributed by atoms with Gasteiger partial charge in [0.2, 0.25) is 11.8 Å². The fourth-order valence-electron chi connectivity index (χ4n) is 4.61. The van der Waals surface area contributed by atoms with Crippen LogP contribution in [-0.4, -0.2) is 18.6 Å². The molecule has 0 radical (unpaired) electrons. The third kappa shape index (κ3) is 2.39. The van der Waals surface area contributed by atoms with Crippen molar-refractivity contribution in [3.63, 3.8) is 0 Å².